The number of nitrogens with zero attached hydrogens (tertiary/aromatic N) is 4. The maximum atomic E-state index is 5.14. The Morgan fingerprint density at radius 1 is 0.569 bits per heavy atom. The van der Waals surface area contributed by atoms with Crippen molar-refractivity contribution in [3.05, 3.63) is 186 Å². The van der Waals surface area contributed by atoms with E-state index in [2.05, 4.69) is 133 Å². The molecular formula is C47H32N4. The lowest BCUT2D eigenvalue weighted by Gasteiger charge is -2.41. The van der Waals surface area contributed by atoms with Gasteiger partial charge in [0.2, 0.25) is 0 Å². The van der Waals surface area contributed by atoms with Gasteiger partial charge in [0, 0.05) is 27.5 Å². The zero-order chi connectivity index (χ0) is 33.7. The molecule has 2 unspecified atom stereocenters. The molecule has 0 saturated carbocycles. The topological polar surface area (TPSA) is 43.6 Å². The van der Waals surface area contributed by atoms with Gasteiger partial charge in [-0.2, -0.15) is 0 Å². The van der Waals surface area contributed by atoms with Crippen molar-refractivity contribution in [2.24, 2.45) is 5.92 Å². The Bertz CT molecular complexity index is 2730. The second kappa shape index (κ2) is 10.6. The lowest BCUT2D eigenvalue weighted by Crippen LogP contribution is -2.34. The van der Waals surface area contributed by atoms with Crippen molar-refractivity contribution in [1.29, 1.82) is 0 Å². The van der Waals surface area contributed by atoms with E-state index in [1.54, 1.807) is 0 Å². The molecule has 6 aromatic carbocycles. The Balaban J connectivity index is 1.25. The molecule has 0 fully saturated rings. The van der Waals surface area contributed by atoms with E-state index < -0.39 is 5.41 Å². The third-order valence-electron chi connectivity index (χ3n) is 11.2. The summed E-state index contributed by atoms with van der Waals surface area (Å²) in [6.45, 7) is 2.33. The van der Waals surface area contributed by atoms with Gasteiger partial charge in [-0.05, 0) is 57.9 Å². The lowest BCUT2D eigenvalue weighted by atomic mass is 9.64. The van der Waals surface area contributed by atoms with Gasteiger partial charge in [0.05, 0.1) is 22.1 Å². The molecule has 11 rings (SSSR count). The minimum atomic E-state index is -0.455. The fourth-order valence-electron chi connectivity index (χ4n) is 9.09. The summed E-state index contributed by atoms with van der Waals surface area (Å²) < 4.78 is 2.50. The van der Waals surface area contributed by atoms with Crippen molar-refractivity contribution >= 4 is 27.4 Å². The molecular weight excluding hydrogens is 621 g/mol. The number of fused-ring (bicyclic) bond motifs is 11. The first kappa shape index (κ1) is 28.4. The van der Waals surface area contributed by atoms with E-state index in [1.807, 2.05) is 36.4 Å². The Kier molecular flexibility index (Phi) is 5.89. The van der Waals surface area contributed by atoms with E-state index in [4.69, 9.17) is 15.0 Å². The first-order chi connectivity index (χ1) is 25.2. The number of hydrogen-bond acceptors (Lipinski definition) is 3. The number of benzene rings is 6. The number of rotatable bonds is 3. The number of aromatic nitrogens is 4. The van der Waals surface area contributed by atoms with Gasteiger partial charge in [0.15, 0.2) is 17.5 Å². The van der Waals surface area contributed by atoms with Crippen LogP contribution in [0.15, 0.2) is 163 Å². The molecule has 0 radical (unpaired) electrons. The largest absolute Gasteiger partial charge is 0.309 e. The smallest absolute Gasteiger partial charge is 0.164 e. The fourth-order valence-corrected chi connectivity index (χ4v) is 9.09. The molecule has 0 bridgehead atoms. The lowest BCUT2D eigenvalue weighted by molar-refractivity contribution is 0.710. The van der Waals surface area contributed by atoms with Gasteiger partial charge in [-0.3, -0.25) is 0 Å². The van der Waals surface area contributed by atoms with Gasteiger partial charge in [-0.1, -0.05) is 153 Å². The molecule has 3 heterocycles. The fraction of sp³-hybridized carbons (Fsp3) is 0.0851. The molecule has 2 aromatic heterocycles. The highest BCUT2D eigenvalue weighted by Gasteiger charge is 2.52. The van der Waals surface area contributed by atoms with Crippen LogP contribution in [0.1, 0.15) is 35.6 Å². The van der Waals surface area contributed by atoms with Crippen LogP contribution in [-0.2, 0) is 5.41 Å². The highest BCUT2D eigenvalue weighted by Crippen LogP contribution is 2.62. The van der Waals surface area contributed by atoms with Gasteiger partial charge in [0.25, 0.3) is 0 Å². The monoisotopic (exact) mass is 652 g/mol. The molecule has 0 amide bonds. The summed E-state index contributed by atoms with van der Waals surface area (Å²) in [6.07, 6.45) is 5.88. The molecule has 2 atom stereocenters. The number of para-hydroxylation sites is 2. The summed E-state index contributed by atoms with van der Waals surface area (Å²) in [5.74, 6) is 2.47. The summed E-state index contributed by atoms with van der Waals surface area (Å²) in [5.41, 5.74) is 14.3. The highest BCUT2D eigenvalue weighted by molar-refractivity contribution is 6.13. The van der Waals surface area contributed by atoms with Crippen LogP contribution in [0.4, 0.5) is 0 Å². The van der Waals surface area contributed by atoms with E-state index in [0.29, 0.717) is 23.4 Å². The molecule has 4 nitrogen and oxygen atoms in total. The first-order valence-electron chi connectivity index (χ1n) is 17.8. The van der Waals surface area contributed by atoms with Crippen molar-refractivity contribution < 1.29 is 0 Å². The minimum absolute atomic E-state index is 0.455. The SMILES string of the molecule is CC1C=CC2=C(C1)c1ccccc1C21c2ccc(-c3nc(-c4ccccc4)nc(-c4ccccc4)n3)cc2-n2c3ccccc3c3cccc1c32. The first-order valence-corrected chi connectivity index (χ1v) is 17.8. The zero-order valence-corrected chi connectivity index (χ0v) is 28.1. The molecule has 0 saturated heterocycles. The molecule has 4 heteroatoms. The van der Waals surface area contributed by atoms with Crippen molar-refractivity contribution in [3.63, 3.8) is 0 Å². The average molecular weight is 653 g/mol. The van der Waals surface area contributed by atoms with E-state index in [-0.39, 0.29) is 0 Å². The maximum absolute atomic E-state index is 5.14. The van der Waals surface area contributed by atoms with Gasteiger partial charge in [-0.25, -0.2) is 15.0 Å². The van der Waals surface area contributed by atoms with Crippen LogP contribution in [-0.4, -0.2) is 19.5 Å². The molecule has 1 spiro atoms. The van der Waals surface area contributed by atoms with Crippen molar-refractivity contribution in [3.8, 4) is 39.9 Å². The average Bonchev–Trinajstić information content (AvgIpc) is 3.68. The third kappa shape index (κ3) is 3.87. The van der Waals surface area contributed by atoms with Crippen LogP contribution in [0.25, 0.3) is 67.2 Å². The molecule has 1 aliphatic heterocycles. The number of allylic oxidation sites excluding steroid dienone is 4. The molecule has 0 N–H and O–H groups in total. The standard InChI is InChI=1S/C47H32N4/c1-29-23-25-38-36(27-29)33-17-8-10-20-37(33)47(38)39-26-24-32(28-42(39)51-41-22-11-9-18-34(41)35-19-12-21-40(47)43(35)51)46-49-44(30-13-4-2-5-14-30)48-45(50-46)31-15-6-3-7-16-31/h2-26,28-29H,27H2,1H3. The molecule has 240 valence electrons. The Morgan fingerprint density at radius 2 is 1.20 bits per heavy atom. The van der Waals surface area contributed by atoms with Crippen LogP contribution >= 0.6 is 0 Å². The quantitative estimate of drug-likeness (QED) is 0.191. The number of hydrogen-bond donors (Lipinski definition) is 0. The van der Waals surface area contributed by atoms with Gasteiger partial charge in [0.1, 0.15) is 0 Å². The second-order valence-electron chi connectivity index (χ2n) is 14.1. The van der Waals surface area contributed by atoms with E-state index >= 15 is 0 Å². The minimum Gasteiger partial charge on any atom is -0.309 e. The zero-order valence-electron chi connectivity index (χ0n) is 28.1. The predicted molar refractivity (Wildman–Crippen MR) is 207 cm³/mol. The van der Waals surface area contributed by atoms with Crippen LogP contribution in [0.3, 0.4) is 0 Å². The van der Waals surface area contributed by atoms with Crippen molar-refractivity contribution in [2.75, 3.05) is 0 Å². The van der Waals surface area contributed by atoms with Gasteiger partial charge in [-0.15, -0.1) is 0 Å². The highest BCUT2D eigenvalue weighted by atomic mass is 15.0. The Hall–Kier alpha value is -6.39. The summed E-state index contributed by atoms with van der Waals surface area (Å²) >= 11 is 0. The summed E-state index contributed by atoms with van der Waals surface area (Å²) in [5, 5.41) is 2.53. The van der Waals surface area contributed by atoms with Crippen LogP contribution < -0.4 is 0 Å². The van der Waals surface area contributed by atoms with Gasteiger partial charge >= 0.3 is 0 Å². The van der Waals surface area contributed by atoms with Crippen LogP contribution in [0, 0.1) is 5.92 Å². The maximum Gasteiger partial charge on any atom is 0.164 e. The Labute approximate surface area is 296 Å². The Morgan fingerprint density at radius 3 is 1.96 bits per heavy atom. The van der Waals surface area contributed by atoms with Crippen molar-refractivity contribution in [2.45, 2.75) is 18.8 Å². The molecule has 51 heavy (non-hydrogen) atoms. The summed E-state index contributed by atoms with van der Waals surface area (Å²) in [7, 11) is 0. The second-order valence-corrected chi connectivity index (χ2v) is 14.1. The third-order valence-corrected chi connectivity index (χ3v) is 11.2. The summed E-state index contributed by atoms with van der Waals surface area (Å²) in [4.78, 5) is 15.3. The van der Waals surface area contributed by atoms with Crippen molar-refractivity contribution in [1.82, 2.24) is 19.5 Å². The van der Waals surface area contributed by atoms with Gasteiger partial charge < -0.3 is 4.57 Å². The normalized spacial score (nSPS) is 18.3. The predicted octanol–water partition coefficient (Wildman–Crippen LogP) is 11.0. The van der Waals surface area contributed by atoms with E-state index in [1.165, 1.54) is 55.2 Å². The van der Waals surface area contributed by atoms with E-state index in [0.717, 1.165) is 28.8 Å². The molecule has 2 aliphatic carbocycles. The van der Waals surface area contributed by atoms with Crippen LogP contribution in [0.5, 0.6) is 0 Å². The molecule has 8 aromatic rings. The molecule has 3 aliphatic rings. The summed E-state index contributed by atoms with van der Waals surface area (Å²) in [6, 6.07) is 52.2. The van der Waals surface area contributed by atoms with E-state index in [9.17, 15) is 0 Å². The van der Waals surface area contributed by atoms with Crippen LogP contribution in [0.2, 0.25) is 0 Å².